The summed E-state index contributed by atoms with van der Waals surface area (Å²) in [6.07, 6.45) is 1.23. The molecule has 0 unspecified atom stereocenters. The van der Waals surface area contributed by atoms with Crippen LogP contribution in [0.2, 0.25) is 0 Å². The first-order valence-electron chi connectivity index (χ1n) is 4.73. The number of phenolic OH excluding ortho intramolecular Hbond substituents is 1. The van der Waals surface area contributed by atoms with Crippen molar-refractivity contribution in [2.75, 3.05) is 0 Å². The van der Waals surface area contributed by atoms with Gasteiger partial charge in [-0.25, -0.2) is 0 Å². The second-order valence-electron chi connectivity index (χ2n) is 3.62. The molecule has 0 spiro atoms. The van der Waals surface area contributed by atoms with E-state index < -0.39 is 0 Å². The number of aromatic hydroxyl groups is 1. The minimum atomic E-state index is 0.364. The van der Waals surface area contributed by atoms with Gasteiger partial charge in [0, 0.05) is 6.42 Å². The highest BCUT2D eigenvalue weighted by Crippen LogP contribution is 2.28. The third kappa shape index (κ3) is 1.88. The summed E-state index contributed by atoms with van der Waals surface area (Å²) in [4.78, 5) is 0. The zero-order valence-corrected chi connectivity index (χ0v) is 8.89. The van der Waals surface area contributed by atoms with E-state index in [9.17, 15) is 5.11 Å². The number of nitriles is 1. The maximum atomic E-state index is 9.73. The van der Waals surface area contributed by atoms with E-state index in [2.05, 4.69) is 6.07 Å². The molecule has 0 bridgehead atoms. The highest BCUT2D eigenvalue weighted by atomic mass is 16.3. The summed E-state index contributed by atoms with van der Waals surface area (Å²) in [5.74, 6) is 0.364. The van der Waals surface area contributed by atoms with Gasteiger partial charge in [-0.1, -0.05) is 6.07 Å². The number of nitrogens with zero attached hydrogens (tertiary/aromatic N) is 1. The van der Waals surface area contributed by atoms with Crippen LogP contribution in [0, 0.1) is 32.1 Å². The minimum absolute atomic E-state index is 0.364. The molecule has 1 rings (SSSR count). The summed E-state index contributed by atoms with van der Waals surface area (Å²) in [7, 11) is 0. The van der Waals surface area contributed by atoms with Crippen LogP contribution in [0.25, 0.3) is 0 Å². The Bertz CT molecular complexity index is 388. The quantitative estimate of drug-likeness (QED) is 0.777. The lowest BCUT2D eigenvalue weighted by atomic mass is 9.95. The second kappa shape index (κ2) is 4.15. The number of hydrogen-bond donors (Lipinski definition) is 1. The maximum Gasteiger partial charge on any atom is 0.121 e. The van der Waals surface area contributed by atoms with Crippen molar-refractivity contribution in [1.29, 1.82) is 5.26 Å². The van der Waals surface area contributed by atoms with Crippen LogP contribution < -0.4 is 0 Å². The molecule has 0 aliphatic carbocycles. The molecule has 1 aromatic rings. The summed E-state index contributed by atoms with van der Waals surface area (Å²) in [5, 5.41) is 18.2. The molecule has 0 fully saturated rings. The molecule has 1 aromatic carbocycles. The van der Waals surface area contributed by atoms with Gasteiger partial charge in [-0.2, -0.15) is 5.26 Å². The van der Waals surface area contributed by atoms with Gasteiger partial charge in [-0.15, -0.1) is 0 Å². The predicted octanol–water partition coefficient (Wildman–Crippen LogP) is 2.77. The average molecular weight is 189 g/mol. The van der Waals surface area contributed by atoms with Crippen molar-refractivity contribution in [2.24, 2.45) is 0 Å². The van der Waals surface area contributed by atoms with E-state index in [1.807, 2.05) is 26.8 Å². The van der Waals surface area contributed by atoms with Crippen LogP contribution in [0.3, 0.4) is 0 Å². The van der Waals surface area contributed by atoms with Crippen molar-refractivity contribution in [3.63, 3.8) is 0 Å². The van der Waals surface area contributed by atoms with Crippen LogP contribution in [0.1, 0.15) is 28.7 Å². The van der Waals surface area contributed by atoms with Crippen LogP contribution in [0.4, 0.5) is 0 Å². The molecule has 0 radical (unpaired) electrons. The molecule has 2 nitrogen and oxygen atoms in total. The summed E-state index contributed by atoms with van der Waals surface area (Å²) < 4.78 is 0. The first-order chi connectivity index (χ1) is 6.57. The molecule has 0 amide bonds. The van der Waals surface area contributed by atoms with E-state index in [0.717, 1.165) is 28.7 Å². The Morgan fingerprint density at radius 1 is 1.29 bits per heavy atom. The van der Waals surface area contributed by atoms with Gasteiger partial charge in [-0.3, -0.25) is 0 Å². The van der Waals surface area contributed by atoms with E-state index in [-0.39, 0.29) is 0 Å². The van der Waals surface area contributed by atoms with Crippen LogP contribution >= 0.6 is 0 Å². The zero-order chi connectivity index (χ0) is 10.7. The second-order valence-corrected chi connectivity index (χ2v) is 3.62. The summed E-state index contributed by atoms with van der Waals surface area (Å²) in [6, 6.07) is 4.09. The Balaban J connectivity index is 3.17. The van der Waals surface area contributed by atoms with Crippen LogP contribution in [-0.2, 0) is 6.42 Å². The number of rotatable bonds is 2. The van der Waals surface area contributed by atoms with Gasteiger partial charge >= 0.3 is 0 Å². The lowest BCUT2D eigenvalue weighted by Crippen LogP contribution is -1.95. The molecule has 0 heterocycles. The highest BCUT2D eigenvalue weighted by Gasteiger charge is 2.09. The average Bonchev–Trinajstić information content (AvgIpc) is 2.14. The molecular weight excluding hydrogens is 174 g/mol. The smallest absolute Gasteiger partial charge is 0.121 e. The fraction of sp³-hybridized carbons (Fsp3) is 0.417. The Labute approximate surface area is 84.8 Å². The first-order valence-corrected chi connectivity index (χ1v) is 4.73. The maximum absolute atomic E-state index is 9.73. The largest absolute Gasteiger partial charge is 0.507 e. The van der Waals surface area contributed by atoms with Crippen molar-refractivity contribution in [1.82, 2.24) is 0 Å². The Morgan fingerprint density at radius 2 is 1.93 bits per heavy atom. The monoisotopic (exact) mass is 189 g/mol. The Hall–Kier alpha value is -1.49. The van der Waals surface area contributed by atoms with E-state index in [1.165, 1.54) is 0 Å². The zero-order valence-electron chi connectivity index (χ0n) is 8.89. The van der Waals surface area contributed by atoms with Gasteiger partial charge < -0.3 is 5.11 Å². The standard InChI is InChI=1S/C12H15NO/c1-8-7-9(2)12(14)10(3)11(8)5-4-6-13/h7,14H,4-5H2,1-3H3. The predicted molar refractivity (Wildman–Crippen MR) is 56.3 cm³/mol. The highest BCUT2D eigenvalue weighted by molar-refractivity contribution is 5.48. The molecule has 74 valence electrons. The topological polar surface area (TPSA) is 44.0 Å². The van der Waals surface area contributed by atoms with Crippen LogP contribution in [0.15, 0.2) is 6.07 Å². The van der Waals surface area contributed by atoms with E-state index in [0.29, 0.717) is 12.2 Å². The Morgan fingerprint density at radius 3 is 2.50 bits per heavy atom. The first kappa shape index (κ1) is 10.6. The number of hydrogen-bond acceptors (Lipinski definition) is 2. The fourth-order valence-electron chi connectivity index (χ4n) is 1.78. The molecule has 0 saturated heterocycles. The molecular formula is C12H15NO. The van der Waals surface area contributed by atoms with Gasteiger partial charge in [0.05, 0.1) is 6.07 Å². The molecule has 0 aliphatic rings. The van der Waals surface area contributed by atoms with Crippen molar-refractivity contribution < 1.29 is 5.11 Å². The van der Waals surface area contributed by atoms with Crippen LogP contribution in [-0.4, -0.2) is 5.11 Å². The third-order valence-electron chi connectivity index (χ3n) is 2.58. The van der Waals surface area contributed by atoms with Crippen molar-refractivity contribution in [2.45, 2.75) is 33.6 Å². The van der Waals surface area contributed by atoms with Crippen molar-refractivity contribution >= 4 is 0 Å². The summed E-state index contributed by atoms with van der Waals surface area (Å²) in [5.41, 5.74) is 4.08. The fourth-order valence-corrected chi connectivity index (χ4v) is 1.78. The van der Waals surface area contributed by atoms with E-state index in [4.69, 9.17) is 5.26 Å². The molecule has 14 heavy (non-hydrogen) atoms. The van der Waals surface area contributed by atoms with Gasteiger partial charge in [-0.05, 0) is 49.4 Å². The molecule has 0 aromatic heterocycles. The summed E-state index contributed by atoms with van der Waals surface area (Å²) >= 11 is 0. The minimum Gasteiger partial charge on any atom is -0.507 e. The van der Waals surface area contributed by atoms with E-state index >= 15 is 0 Å². The number of phenols is 1. The lowest BCUT2D eigenvalue weighted by Gasteiger charge is -2.12. The molecule has 0 saturated carbocycles. The third-order valence-corrected chi connectivity index (χ3v) is 2.58. The van der Waals surface area contributed by atoms with Gasteiger partial charge in [0.2, 0.25) is 0 Å². The SMILES string of the molecule is Cc1cc(C)c(CCC#N)c(C)c1O. The molecule has 0 aliphatic heterocycles. The van der Waals surface area contributed by atoms with Crippen molar-refractivity contribution in [3.05, 3.63) is 28.3 Å². The van der Waals surface area contributed by atoms with Gasteiger partial charge in [0.15, 0.2) is 0 Å². The number of aryl methyl sites for hydroxylation is 2. The molecule has 1 N–H and O–H groups in total. The van der Waals surface area contributed by atoms with Crippen molar-refractivity contribution in [3.8, 4) is 11.8 Å². The van der Waals surface area contributed by atoms with Crippen LogP contribution in [0.5, 0.6) is 5.75 Å². The lowest BCUT2D eigenvalue weighted by molar-refractivity contribution is 0.465. The van der Waals surface area contributed by atoms with E-state index in [1.54, 1.807) is 0 Å². The normalized spacial score (nSPS) is 9.86. The van der Waals surface area contributed by atoms with Gasteiger partial charge in [0.25, 0.3) is 0 Å². The van der Waals surface area contributed by atoms with Gasteiger partial charge in [0.1, 0.15) is 5.75 Å². The Kier molecular flexibility index (Phi) is 3.14. The molecule has 0 atom stereocenters. The molecule has 2 heteroatoms. The number of benzene rings is 1. The summed E-state index contributed by atoms with van der Waals surface area (Å²) in [6.45, 7) is 5.82.